The zero-order valence-corrected chi connectivity index (χ0v) is 10.4. The molecule has 1 aromatic carbocycles. The van der Waals surface area contributed by atoms with Crippen molar-refractivity contribution in [3.63, 3.8) is 0 Å². The van der Waals surface area contributed by atoms with Gasteiger partial charge in [-0.15, -0.1) is 0 Å². The molecule has 2 unspecified atom stereocenters. The molecule has 1 fully saturated rings. The predicted molar refractivity (Wildman–Crippen MR) is 66.9 cm³/mol. The molecule has 1 aliphatic rings. The summed E-state index contributed by atoms with van der Waals surface area (Å²) in [7, 11) is 1.57. The summed E-state index contributed by atoms with van der Waals surface area (Å²) >= 11 is 0. The molecular formula is C13H16N2O3. The van der Waals surface area contributed by atoms with Crippen LogP contribution in [0.1, 0.15) is 23.7 Å². The maximum Gasteiger partial charge on any atom is 0.315 e. The highest BCUT2D eigenvalue weighted by molar-refractivity contribution is 6.03. The molecule has 0 bridgehead atoms. The van der Waals surface area contributed by atoms with Crippen LogP contribution < -0.4 is 15.4 Å². The van der Waals surface area contributed by atoms with Crippen LogP contribution in [0.4, 0.5) is 4.79 Å². The Hall–Kier alpha value is -2.04. The molecule has 18 heavy (non-hydrogen) atoms. The van der Waals surface area contributed by atoms with Gasteiger partial charge in [-0.2, -0.15) is 0 Å². The minimum absolute atomic E-state index is 0.0807. The van der Waals surface area contributed by atoms with E-state index in [4.69, 9.17) is 4.74 Å². The summed E-state index contributed by atoms with van der Waals surface area (Å²) in [5.74, 6) is 0.620. The van der Waals surface area contributed by atoms with Crippen LogP contribution in [0.15, 0.2) is 24.3 Å². The third-order valence-electron chi connectivity index (χ3n) is 3.10. The van der Waals surface area contributed by atoms with Gasteiger partial charge >= 0.3 is 6.03 Å². The van der Waals surface area contributed by atoms with Gasteiger partial charge in [0.15, 0.2) is 5.78 Å². The Morgan fingerprint density at radius 2 is 1.94 bits per heavy atom. The molecular weight excluding hydrogens is 232 g/mol. The summed E-state index contributed by atoms with van der Waals surface area (Å²) in [4.78, 5) is 23.5. The molecule has 0 aliphatic carbocycles. The number of methoxy groups -OCH3 is 1. The second-order valence-corrected chi connectivity index (χ2v) is 4.20. The lowest BCUT2D eigenvalue weighted by atomic mass is 9.98. The predicted octanol–water partition coefficient (Wildman–Crippen LogP) is 1.34. The van der Waals surface area contributed by atoms with E-state index in [1.54, 1.807) is 31.4 Å². The fraction of sp³-hybridized carbons (Fsp3) is 0.385. The standard InChI is InChI=1S/C13H16N2O3/c1-3-10-11(15-13(17)14-10)12(16)8-4-6-9(18-2)7-5-8/h4-7,10-11H,3H2,1-2H3,(H2,14,15,17). The minimum Gasteiger partial charge on any atom is -0.497 e. The van der Waals surface area contributed by atoms with Crippen molar-refractivity contribution < 1.29 is 14.3 Å². The monoisotopic (exact) mass is 248 g/mol. The molecule has 5 heteroatoms. The number of urea groups is 1. The van der Waals surface area contributed by atoms with Crippen LogP contribution in [0.3, 0.4) is 0 Å². The van der Waals surface area contributed by atoms with Crippen LogP contribution in [0, 0.1) is 0 Å². The lowest BCUT2D eigenvalue weighted by Gasteiger charge is -2.15. The van der Waals surface area contributed by atoms with E-state index in [2.05, 4.69) is 10.6 Å². The van der Waals surface area contributed by atoms with Crippen molar-refractivity contribution in [1.82, 2.24) is 10.6 Å². The molecule has 2 atom stereocenters. The second kappa shape index (κ2) is 5.08. The van der Waals surface area contributed by atoms with Crippen molar-refractivity contribution in [1.29, 1.82) is 0 Å². The highest BCUT2D eigenvalue weighted by Gasteiger charge is 2.35. The number of carbonyl (C=O) groups excluding carboxylic acids is 2. The molecule has 0 radical (unpaired) electrons. The van der Waals surface area contributed by atoms with Gasteiger partial charge in [0.25, 0.3) is 0 Å². The molecule has 2 amide bonds. The maximum absolute atomic E-state index is 12.3. The molecule has 1 aliphatic heterocycles. The average molecular weight is 248 g/mol. The van der Waals surface area contributed by atoms with E-state index >= 15 is 0 Å². The van der Waals surface area contributed by atoms with Crippen LogP contribution >= 0.6 is 0 Å². The van der Waals surface area contributed by atoms with Crippen molar-refractivity contribution >= 4 is 11.8 Å². The SMILES string of the molecule is CCC1NC(=O)NC1C(=O)c1ccc(OC)cc1. The van der Waals surface area contributed by atoms with Gasteiger partial charge in [-0.05, 0) is 30.7 Å². The van der Waals surface area contributed by atoms with E-state index in [0.717, 1.165) is 0 Å². The number of amides is 2. The first-order chi connectivity index (χ1) is 8.65. The topological polar surface area (TPSA) is 67.4 Å². The summed E-state index contributed by atoms with van der Waals surface area (Å²) in [6.45, 7) is 1.94. The number of ether oxygens (including phenoxy) is 1. The van der Waals surface area contributed by atoms with Crippen molar-refractivity contribution in [3.8, 4) is 5.75 Å². The number of carbonyl (C=O) groups is 2. The third kappa shape index (κ3) is 2.30. The number of hydrogen-bond acceptors (Lipinski definition) is 3. The highest BCUT2D eigenvalue weighted by atomic mass is 16.5. The lowest BCUT2D eigenvalue weighted by Crippen LogP contribution is -2.40. The normalized spacial score (nSPS) is 22.2. The Morgan fingerprint density at radius 1 is 1.28 bits per heavy atom. The Kier molecular flexibility index (Phi) is 3.50. The van der Waals surface area contributed by atoms with Gasteiger partial charge in [-0.3, -0.25) is 4.79 Å². The molecule has 0 spiro atoms. The molecule has 5 nitrogen and oxygen atoms in total. The van der Waals surface area contributed by atoms with Gasteiger partial charge in [-0.1, -0.05) is 6.92 Å². The van der Waals surface area contributed by atoms with Gasteiger partial charge in [-0.25, -0.2) is 4.79 Å². The van der Waals surface area contributed by atoms with E-state index in [1.807, 2.05) is 6.92 Å². The average Bonchev–Trinajstić information content (AvgIpc) is 2.79. The minimum atomic E-state index is -0.490. The second-order valence-electron chi connectivity index (χ2n) is 4.20. The number of ketones is 1. The van der Waals surface area contributed by atoms with Gasteiger partial charge in [0.1, 0.15) is 11.8 Å². The Balaban J connectivity index is 2.17. The summed E-state index contributed by atoms with van der Waals surface area (Å²) in [6, 6.07) is 5.96. The van der Waals surface area contributed by atoms with E-state index in [0.29, 0.717) is 17.7 Å². The molecule has 96 valence electrons. The summed E-state index contributed by atoms with van der Waals surface area (Å²) < 4.78 is 5.04. The van der Waals surface area contributed by atoms with E-state index in [9.17, 15) is 9.59 Å². The first-order valence-corrected chi connectivity index (χ1v) is 5.91. The molecule has 0 aromatic heterocycles. The Labute approximate surface area is 106 Å². The quantitative estimate of drug-likeness (QED) is 0.790. The number of rotatable bonds is 4. The van der Waals surface area contributed by atoms with Crippen LogP contribution in [0.2, 0.25) is 0 Å². The van der Waals surface area contributed by atoms with Crippen LogP contribution in [0.5, 0.6) is 5.75 Å². The smallest absolute Gasteiger partial charge is 0.315 e. The summed E-state index contributed by atoms with van der Waals surface area (Å²) in [5.41, 5.74) is 0.572. The van der Waals surface area contributed by atoms with E-state index < -0.39 is 6.04 Å². The molecule has 1 saturated heterocycles. The molecule has 0 saturated carbocycles. The van der Waals surface area contributed by atoms with Gasteiger partial charge in [0.2, 0.25) is 0 Å². The van der Waals surface area contributed by atoms with Crippen LogP contribution in [-0.4, -0.2) is 31.0 Å². The largest absolute Gasteiger partial charge is 0.497 e. The first-order valence-electron chi connectivity index (χ1n) is 5.91. The maximum atomic E-state index is 12.3. The molecule has 1 heterocycles. The van der Waals surface area contributed by atoms with E-state index in [-0.39, 0.29) is 17.9 Å². The van der Waals surface area contributed by atoms with Crippen molar-refractivity contribution in [3.05, 3.63) is 29.8 Å². The van der Waals surface area contributed by atoms with Gasteiger partial charge < -0.3 is 15.4 Å². The van der Waals surface area contributed by atoms with Crippen molar-refractivity contribution in [2.75, 3.05) is 7.11 Å². The molecule has 2 rings (SSSR count). The fourth-order valence-electron chi connectivity index (χ4n) is 2.06. The van der Waals surface area contributed by atoms with Crippen LogP contribution in [-0.2, 0) is 0 Å². The first kappa shape index (κ1) is 12.4. The Bertz CT molecular complexity index is 456. The third-order valence-corrected chi connectivity index (χ3v) is 3.10. The summed E-state index contributed by atoms with van der Waals surface area (Å²) in [5, 5.41) is 5.38. The number of hydrogen-bond donors (Lipinski definition) is 2. The Morgan fingerprint density at radius 3 is 2.50 bits per heavy atom. The lowest BCUT2D eigenvalue weighted by molar-refractivity contribution is 0.0943. The number of benzene rings is 1. The van der Waals surface area contributed by atoms with Gasteiger partial charge in [0, 0.05) is 5.56 Å². The van der Waals surface area contributed by atoms with Crippen molar-refractivity contribution in [2.45, 2.75) is 25.4 Å². The zero-order valence-electron chi connectivity index (χ0n) is 10.4. The highest BCUT2D eigenvalue weighted by Crippen LogP contribution is 2.16. The number of Topliss-reactive ketones (excluding diaryl/α,β-unsaturated/α-hetero) is 1. The molecule has 2 N–H and O–H groups in total. The van der Waals surface area contributed by atoms with Gasteiger partial charge in [0.05, 0.1) is 13.2 Å². The fourth-order valence-corrected chi connectivity index (χ4v) is 2.06. The van der Waals surface area contributed by atoms with E-state index in [1.165, 1.54) is 0 Å². The van der Waals surface area contributed by atoms with Crippen LogP contribution in [0.25, 0.3) is 0 Å². The molecule has 1 aromatic rings. The summed E-state index contributed by atoms with van der Waals surface area (Å²) in [6.07, 6.45) is 0.714. The number of nitrogens with one attached hydrogen (secondary N) is 2. The van der Waals surface area contributed by atoms with Crippen molar-refractivity contribution in [2.24, 2.45) is 0 Å². The zero-order chi connectivity index (χ0) is 13.1.